The number of rotatable bonds is 0. The van der Waals surface area contributed by atoms with Crippen LogP contribution in [0.15, 0.2) is 0 Å². The largest absolute Gasteiger partial charge is 0.397 e. The van der Waals surface area contributed by atoms with E-state index in [1.165, 1.54) is 0 Å². The van der Waals surface area contributed by atoms with Crippen molar-refractivity contribution in [3.05, 3.63) is 0 Å². The Balaban J connectivity index is -0.00000000200. The zero-order chi connectivity index (χ0) is 2.71. The lowest BCUT2D eigenvalue weighted by Gasteiger charge is -1.52. The lowest BCUT2D eigenvalue weighted by molar-refractivity contribution is 0.318. The minimum atomic E-state index is 0. The van der Waals surface area contributed by atoms with Crippen LogP contribution in [0.1, 0.15) is 6.92 Å². The molecule has 55 valence electrons. The van der Waals surface area contributed by atoms with Gasteiger partial charge in [-0.15, -0.1) is 0 Å². The fourth-order valence-electron chi connectivity index (χ4n) is 0. The minimum absolute atomic E-state index is 0. The Labute approximate surface area is 47.1 Å². The Bertz CT molecular complexity index is 14.0. The van der Waals surface area contributed by atoms with Crippen LogP contribution in [0.3, 0.4) is 0 Å². The molecule has 0 heterocycles. The van der Waals surface area contributed by atoms with Gasteiger partial charge in [0.15, 0.2) is 0 Å². The summed E-state index contributed by atoms with van der Waals surface area (Å²) < 4.78 is 0. The number of hydrogen-bond acceptors (Lipinski definition) is 1. The van der Waals surface area contributed by atoms with Crippen molar-refractivity contribution in [3.8, 4) is 0 Å². The first-order chi connectivity index (χ1) is 1.41. The third-order valence-corrected chi connectivity index (χ3v) is 0. The summed E-state index contributed by atoms with van der Waals surface area (Å²) in [5.74, 6) is 0. The highest BCUT2D eigenvalue weighted by Crippen LogP contribution is 1.30. The quantitative estimate of drug-likeness (QED) is 0.374. The molecule has 0 fully saturated rings. The third kappa shape index (κ3) is 1990. The van der Waals surface area contributed by atoms with Crippen LogP contribution in [0.2, 0.25) is 0 Å². The van der Waals surface area contributed by atoms with E-state index in [2.05, 4.69) is 0 Å². The van der Waals surface area contributed by atoms with Gasteiger partial charge in [-0.2, -0.15) is 0 Å². The van der Waals surface area contributed by atoms with Crippen molar-refractivity contribution in [2.24, 2.45) is 0 Å². The number of aliphatic hydroxyl groups excluding tert-OH is 1. The van der Waals surface area contributed by atoms with Crippen molar-refractivity contribution in [1.29, 1.82) is 0 Å². The molecule has 0 aliphatic rings. The maximum Gasteiger partial charge on any atom is 0.0402 e. The van der Waals surface area contributed by atoms with E-state index in [9.17, 15) is 0 Å². The molecule has 0 atom stereocenters. The van der Waals surface area contributed by atoms with Crippen molar-refractivity contribution in [2.45, 2.75) is 6.92 Å². The summed E-state index contributed by atoms with van der Waals surface area (Å²) >= 11 is 0. The Morgan fingerprint density at radius 1 is 1.00 bits per heavy atom. The van der Waals surface area contributed by atoms with Crippen molar-refractivity contribution in [3.63, 3.8) is 0 Å². The SMILES string of the molecule is CCO.F.F.F.F.[B]. The number of aliphatic hydroxyl groups is 1. The standard InChI is InChI=1S/C2H6O.B.4FH/c1-2-3;;;;;/h3H,2H2,1H3;;4*1H. The zero-order valence-corrected chi connectivity index (χ0v) is 4.36. The minimum Gasteiger partial charge on any atom is -0.397 e. The van der Waals surface area contributed by atoms with E-state index in [1.807, 2.05) is 0 Å². The Hall–Kier alpha value is -0.255. The molecule has 0 amide bonds. The summed E-state index contributed by atoms with van der Waals surface area (Å²) in [6.45, 7) is 1.93. The molecule has 0 saturated heterocycles. The van der Waals surface area contributed by atoms with Gasteiger partial charge in [-0.25, -0.2) is 0 Å². The number of hydrogen-bond donors (Lipinski definition) is 1. The molecule has 0 aromatic carbocycles. The molecule has 1 N–H and O–H groups in total. The van der Waals surface area contributed by atoms with Crippen LogP contribution >= 0.6 is 0 Å². The maximum absolute atomic E-state index is 7.57. The Morgan fingerprint density at radius 3 is 1.00 bits per heavy atom. The highest BCUT2D eigenvalue weighted by atomic mass is 19.0. The van der Waals surface area contributed by atoms with Gasteiger partial charge in [0, 0.05) is 15.0 Å². The van der Waals surface area contributed by atoms with Crippen molar-refractivity contribution in [1.82, 2.24) is 0 Å². The summed E-state index contributed by atoms with van der Waals surface area (Å²) in [5.41, 5.74) is 0. The summed E-state index contributed by atoms with van der Waals surface area (Å²) in [4.78, 5) is 0. The van der Waals surface area contributed by atoms with Crippen LogP contribution < -0.4 is 0 Å². The van der Waals surface area contributed by atoms with Crippen LogP contribution in [0.5, 0.6) is 0 Å². The van der Waals surface area contributed by atoms with Crippen molar-refractivity contribution in [2.75, 3.05) is 6.61 Å². The van der Waals surface area contributed by atoms with Gasteiger partial charge in [-0.05, 0) is 6.92 Å². The molecular weight excluding hydrogens is 127 g/mol. The first-order valence-electron chi connectivity index (χ1n) is 1.02. The lowest BCUT2D eigenvalue weighted by atomic mass is 10.8. The average Bonchev–Trinajstić information content (AvgIpc) is 0.918. The molecule has 1 nitrogen and oxygen atoms in total. The number of halogens is 4. The van der Waals surface area contributed by atoms with Crippen LogP contribution in [0.25, 0.3) is 0 Å². The van der Waals surface area contributed by atoms with E-state index in [-0.39, 0.29) is 33.8 Å². The van der Waals surface area contributed by atoms with Gasteiger partial charge < -0.3 is 5.11 Å². The van der Waals surface area contributed by atoms with Crippen LogP contribution in [0.4, 0.5) is 18.8 Å². The molecule has 0 rings (SSSR count). The van der Waals surface area contributed by atoms with Crippen LogP contribution in [-0.4, -0.2) is 20.1 Å². The second-order valence-electron chi connectivity index (χ2n) is 0.316. The lowest BCUT2D eigenvalue weighted by Crippen LogP contribution is -1.57. The fourth-order valence-corrected chi connectivity index (χ4v) is 0. The normalized spacial score (nSPS) is 2.25. The molecular formula is C2H10BF4O. The monoisotopic (exact) mass is 137 g/mol. The molecule has 0 aromatic heterocycles. The Kier molecular flexibility index (Phi) is 5800. The van der Waals surface area contributed by atoms with E-state index in [0.29, 0.717) is 0 Å². The van der Waals surface area contributed by atoms with Gasteiger partial charge in [0.05, 0.1) is 0 Å². The summed E-state index contributed by atoms with van der Waals surface area (Å²) in [6, 6.07) is 0. The van der Waals surface area contributed by atoms with Crippen molar-refractivity contribution >= 4 is 8.41 Å². The summed E-state index contributed by atoms with van der Waals surface area (Å²) in [7, 11) is 0. The Morgan fingerprint density at radius 2 is 1.00 bits per heavy atom. The molecule has 0 aromatic rings. The first-order valence-corrected chi connectivity index (χ1v) is 1.02. The predicted molar refractivity (Wildman–Crippen MR) is 28.5 cm³/mol. The maximum atomic E-state index is 7.57. The molecule has 0 aliphatic heterocycles. The van der Waals surface area contributed by atoms with E-state index in [4.69, 9.17) is 5.11 Å². The van der Waals surface area contributed by atoms with Crippen LogP contribution in [-0.2, 0) is 0 Å². The second-order valence-corrected chi connectivity index (χ2v) is 0.316. The smallest absolute Gasteiger partial charge is 0.0402 e. The van der Waals surface area contributed by atoms with Gasteiger partial charge >= 0.3 is 0 Å². The first kappa shape index (κ1) is 116. The van der Waals surface area contributed by atoms with Gasteiger partial charge in [-0.3, -0.25) is 18.8 Å². The highest BCUT2D eigenvalue weighted by Gasteiger charge is 1.34. The van der Waals surface area contributed by atoms with Gasteiger partial charge in [0.2, 0.25) is 0 Å². The molecule has 6 heteroatoms. The molecule has 0 unspecified atom stereocenters. The molecule has 8 heavy (non-hydrogen) atoms. The predicted octanol–water partition coefficient (Wildman–Crippen LogP) is 0.228. The molecule has 0 saturated carbocycles. The molecule has 0 aliphatic carbocycles. The highest BCUT2D eigenvalue weighted by molar-refractivity contribution is 5.75. The average molecular weight is 137 g/mol. The fraction of sp³-hybridized carbons (Fsp3) is 1.00. The molecule has 3 radical (unpaired) electrons. The van der Waals surface area contributed by atoms with Crippen LogP contribution in [0, 0.1) is 0 Å². The van der Waals surface area contributed by atoms with E-state index < -0.39 is 0 Å². The third-order valence-electron chi connectivity index (χ3n) is 0. The molecule has 0 bridgehead atoms. The van der Waals surface area contributed by atoms with E-state index in [0.717, 1.165) is 0 Å². The van der Waals surface area contributed by atoms with Gasteiger partial charge in [0.25, 0.3) is 0 Å². The van der Waals surface area contributed by atoms with E-state index in [1.54, 1.807) is 6.92 Å². The molecule has 0 spiro atoms. The van der Waals surface area contributed by atoms with E-state index >= 15 is 0 Å². The van der Waals surface area contributed by atoms with Gasteiger partial charge in [0.1, 0.15) is 0 Å². The second kappa shape index (κ2) is 401. The van der Waals surface area contributed by atoms with Gasteiger partial charge in [-0.1, -0.05) is 0 Å². The summed E-state index contributed by atoms with van der Waals surface area (Å²) in [5, 5.41) is 7.57. The zero-order valence-electron chi connectivity index (χ0n) is 4.36. The van der Waals surface area contributed by atoms with Crippen molar-refractivity contribution < 1.29 is 23.9 Å². The summed E-state index contributed by atoms with van der Waals surface area (Å²) in [6.07, 6.45) is 0. The topological polar surface area (TPSA) is 20.2 Å².